The molecule has 0 amide bonds. The molecule has 2 atom stereocenters. The van der Waals surface area contributed by atoms with Crippen LogP contribution in [0.4, 0.5) is 5.69 Å². The van der Waals surface area contributed by atoms with Crippen molar-refractivity contribution in [3.8, 4) is 0 Å². The molecule has 0 bridgehead atoms. The van der Waals surface area contributed by atoms with Gasteiger partial charge in [0.2, 0.25) is 0 Å². The van der Waals surface area contributed by atoms with E-state index in [-0.39, 0.29) is 24.2 Å². The summed E-state index contributed by atoms with van der Waals surface area (Å²) in [6.45, 7) is 0. The van der Waals surface area contributed by atoms with E-state index in [1.807, 2.05) is 0 Å². The number of non-ortho nitro benzene ring substituents is 1. The lowest BCUT2D eigenvalue weighted by Gasteiger charge is -2.21. The van der Waals surface area contributed by atoms with E-state index in [2.05, 4.69) is 0 Å². The summed E-state index contributed by atoms with van der Waals surface area (Å²) in [5, 5.41) is 10.6. The molecule has 5 heteroatoms. The molecule has 5 nitrogen and oxygen atoms in total. The van der Waals surface area contributed by atoms with Crippen LogP contribution in [-0.2, 0) is 9.47 Å². The highest BCUT2D eigenvalue weighted by Gasteiger charge is 2.38. The monoisotopic (exact) mass is 249 g/mol. The minimum atomic E-state index is -0.403. The second-order valence-electron chi connectivity index (χ2n) is 4.81. The standard InChI is InChI=1S/C13H15NO4/c15-14(16)10-7-5-9(6-8-10)13-17-11-3-1-2-4-12(11)18-13/h5-8,11-13H,1-4H2/t11-,12-/m0/s1. The van der Waals surface area contributed by atoms with Crippen LogP contribution in [0.5, 0.6) is 0 Å². The van der Waals surface area contributed by atoms with Crippen LogP contribution in [0.1, 0.15) is 37.5 Å². The molecule has 1 aromatic carbocycles. The number of nitrogens with zero attached hydrogens (tertiary/aromatic N) is 1. The number of rotatable bonds is 2. The zero-order chi connectivity index (χ0) is 12.5. The van der Waals surface area contributed by atoms with Gasteiger partial charge in [-0.25, -0.2) is 0 Å². The number of nitro groups is 1. The molecule has 0 spiro atoms. The number of fused-ring (bicyclic) bond motifs is 1. The maximum absolute atomic E-state index is 10.6. The van der Waals surface area contributed by atoms with Crippen LogP contribution in [-0.4, -0.2) is 17.1 Å². The van der Waals surface area contributed by atoms with Gasteiger partial charge in [0.05, 0.1) is 17.1 Å². The van der Waals surface area contributed by atoms with E-state index in [4.69, 9.17) is 9.47 Å². The highest BCUT2D eigenvalue weighted by atomic mass is 16.7. The predicted molar refractivity (Wildman–Crippen MR) is 64.1 cm³/mol. The minimum absolute atomic E-state index is 0.0918. The Morgan fingerprint density at radius 3 is 2.11 bits per heavy atom. The van der Waals surface area contributed by atoms with E-state index in [1.54, 1.807) is 12.1 Å². The number of ether oxygens (including phenoxy) is 2. The third kappa shape index (κ3) is 2.11. The van der Waals surface area contributed by atoms with Crippen LogP contribution < -0.4 is 0 Å². The maximum atomic E-state index is 10.6. The van der Waals surface area contributed by atoms with Crippen molar-refractivity contribution in [1.29, 1.82) is 0 Å². The molecular formula is C13H15NO4. The van der Waals surface area contributed by atoms with E-state index >= 15 is 0 Å². The van der Waals surface area contributed by atoms with Crippen LogP contribution >= 0.6 is 0 Å². The van der Waals surface area contributed by atoms with Gasteiger partial charge in [0.15, 0.2) is 6.29 Å². The molecule has 3 rings (SSSR count). The Labute approximate surface area is 105 Å². The Balaban J connectivity index is 1.73. The number of hydrogen-bond donors (Lipinski definition) is 0. The van der Waals surface area contributed by atoms with Crippen molar-refractivity contribution in [2.75, 3.05) is 0 Å². The van der Waals surface area contributed by atoms with Crippen LogP contribution in [0.15, 0.2) is 24.3 Å². The molecule has 0 aromatic heterocycles. The van der Waals surface area contributed by atoms with Gasteiger partial charge in [0.25, 0.3) is 5.69 Å². The Bertz CT molecular complexity index is 431. The van der Waals surface area contributed by atoms with Gasteiger partial charge in [-0.05, 0) is 25.0 Å². The highest BCUT2D eigenvalue weighted by molar-refractivity contribution is 5.33. The van der Waals surface area contributed by atoms with Gasteiger partial charge < -0.3 is 9.47 Å². The Morgan fingerprint density at radius 2 is 1.61 bits per heavy atom. The molecular weight excluding hydrogens is 234 g/mol. The van der Waals surface area contributed by atoms with Gasteiger partial charge in [-0.1, -0.05) is 12.8 Å². The van der Waals surface area contributed by atoms with Crippen LogP contribution in [0.2, 0.25) is 0 Å². The maximum Gasteiger partial charge on any atom is 0.269 e. The van der Waals surface area contributed by atoms with Crippen molar-refractivity contribution in [2.45, 2.75) is 44.2 Å². The van der Waals surface area contributed by atoms with E-state index in [1.165, 1.54) is 25.0 Å². The molecule has 1 heterocycles. The van der Waals surface area contributed by atoms with Gasteiger partial charge in [-0.15, -0.1) is 0 Å². The normalized spacial score (nSPS) is 28.0. The molecule has 1 saturated heterocycles. The van der Waals surface area contributed by atoms with Crippen molar-refractivity contribution < 1.29 is 14.4 Å². The summed E-state index contributed by atoms with van der Waals surface area (Å²) in [6.07, 6.45) is 4.51. The minimum Gasteiger partial charge on any atom is -0.342 e. The summed E-state index contributed by atoms with van der Waals surface area (Å²) in [4.78, 5) is 10.2. The van der Waals surface area contributed by atoms with Gasteiger partial charge in [0, 0.05) is 17.7 Å². The van der Waals surface area contributed by atoms with Gasteiger partial charge in [-0.2, -0.15) is 0 Å². The van der Waals surface area contributed by atoms with Crippen molar-refractivity contribution in [1.82, 2.24) is 0 Å². The molecule has 1 aliphatic carbocycles. The smallest absolute Gasteiger partial charge is 0.269 e. The lowest BCUT2D eigenvalue weighted by Crippen LogP contribution is -2.25. The molecule has 0 N–H and O–H groups in total. The summed E-state index contributed by atoms with van der Waals surface area (Å²) in [5.74, 6) is 0. The summed E-state index contributed by atoms with van der Waals surface area (Å²) in [6, 6.07) is 6.40. The molecule has 1 saturated carbocycles. The van der Waals surface area contributed by atoms with Crippen molar-refractivity contribution in [2.24, 2.45) is 0 Å². The highest BCUT2D eigenvalue weighted by Crippen LogP contribution is 2.38. The van der Waals surface area contributed by atoms with Crippen LogP contribution in [0.3, 0.4) is 0 Å². The second kappa shape index (κ2) is 4.66. The van der Waals surface area contributed by atoms with Gasteiger partial charge in [0.1, 0.15) is 0 Å². The molecule has 1 aliphatic heterocycles. The number of nitro benzene ring substituents is 1. The first-order valence-electron chi connectivity index (χ1n) is 6.29. The number of benzene rings is 1. The SMILES string of the molecule is O=[N+]([O-])c1ccc(C2O[C@H]3CCCC[C@@H]3O2)cc1. The lowest BCUT2D eigenvalue weighted by atomic mass is 9.95. The first-order valence-corrected chi connectivity index (χ1v) is 6.29. The van der Waals surface area contributed by atoms with Crippen molar-refractivity contribution in [3.05, 3.63) is 39.9 Å². The van der Waals surface area contributed by atoms with Crippen molar-refractivity contribution >= 4 is 5.69 Å². The number of hydrogen-bond acceptors (Lipinski definition) is 4. The Morgan fingerprint density at radius 1 is 1.06 bits per heavy atom. The summed E-state index contributed by atoms with van der Waals surface area (Å²) < 4.78 is 11.7. The van der Waals surface area contributed by atoms with Gasteiger partial charge >= 0.3 is 0 Å². The Hall–Kier alpha value is -1.46. The van der Waals surface area contributed by atoms with E-state index < -0.39 is 4.92 Å². The average molecular weight is 249 g/mol. The molecule has 18 heavy (non-hydrogen) atoms. The molecule has 2 aliphatic rings. The fraction of sp³-hybridized carbons (Fsp3) is 0.538. The van der Waals surface area contributed by atoms with Crippen molar-refractivity contribution in [3.63, 3.8) is 0 Å². The van der Waals surface area contributed by atoms with Crippen LogP contribution in [0.25, 0.3) is 0 Å². The second-order valence-corrected chi connectivity index (χ2v) is 4.81. The zero-order valence-corrected chi connectivity index (χ0v) is 9.95. The largest absolute Gasteiger partial charge is 0.342 e. The van der Waals surface area contributed by atoms with E-state index in [0.29, 0.717) is 0 Å². The predicted octanol–water partition coefficient (Wildman–Crippen LogP) is 2.95. The van der Waals surface area contributed by atoms with Gasteiger partial charge in [-0.3, -0.25) is 10.1 Å². The molecule has 2 fully saturated rings. The third-order valence-electron chi connectivity index (χ3n) is 3.61. The first-order chi connectivity index (χ1) is 8.74. The molecule has 1 aromatic rings. The fourth-order valence-corrected chi connectivity index (χ4v) is 2.63. The zero-order valence-electron chi connectivity index (χ0n) is 9.95. The molecule has 0 radical (unpaired) electrons. The third-order valence-corrected chi connectivity index (χ3v) is 3.61. The topological polar surface area (TPSA) is 61.6 Å². The molecule has 0 unspecified atom stereocenters. The fourth-order valence-electron chi connectivity index (χ4n) is 2.63. The van der Waals surface area contributed by atoms with E-state index in [0.717, 1.165) is 18.4 Å². The average Bonchev–Trinajstić information content (AvgIpc) is 2.82. The molecule has 96 valence electrons. The van der Waals surface area contributed by atoms with E-state index in [9.17, 15) is 10.1 Å². The lowest BCUT2D eigenvalue weighted by molar-refractivity contribution is -0.384. The Kier molecular flexibility index (Phi) is 3.01. The quantitative estimate of drug-likeness (QED) is 0.597. The first kappa shape index (κ1) is 11.6. The summed E-state index contributed by atoms with van der Waals surface area (Å²) in [7, 11) is 0. The van der Waals surface area contributed by atoms with Crippen LogP contribution in [0, 0.1) is 10.1 Å². The summed E-state index contributed by atoms with van der Waals surface area (Å²) >= 11 is 0. The summed E-state index contributed by atoms with van der Waals surface area (Å²) in [5.41, 5.74) is 0.948.